The first-order chi connectivity index (χ1) is 13.9. The van der Waals surface area contributed by atoms with Crippen LogP contribution in [-0.4, -0.2) is 34.7 Å². The van der Waals surface area contributed by atoms with E-state index in [4.69, 9.17) is 14.9 Å². The second-order valence-corrected chi connectivity index (χ2v) is 7.15. The van der Waals surface area contributed by atoms with Crippen LogP contribution >= 0.6 is 0 Å². The number of benzene rings is 2. The first-order valence-electron chi connectivity index (χ1n) is 9.56. The van der Waals surface area contributed by atoms with Gasteiger partial charge in [-0.25, -0.2) is 9.59 Å². The van der Waals surface area contributed by atoms with Crippen LogP contribution in [0.3, 0.4) is 0 Å². The van der Waals surface area contributed by atoms with Crippen molar-refractivity contribution in [2.45, 2.75) is 38.0 Å². The van der Waals surface area contributed by atoms with Crippen molar-refractivity contribution in [3.63, 3.8) is 0 Å². The average Bonchev–Trinajstić information content (AvgIpc) is 2.73. The molecule has 0 radical (unpaired) electrons. The third-order valence-corrected chi connectivity index (χ3v) is 5.04. The molecular weight excluding hydrogens is 374 g/mol. The van der Waals surface area contributed by atoms with E-state index >= 15 is 0 Å². The molecule has 3 N–H and O–H groups in total. The van der Waals surface area contributed by atoms with E-state index < -0.39 is 17.8 Å². The lowest BCUT2D eigenvalue weighted by Crippen LogP contribution is -2.20. The molecule has 1 saturated carbocycles. The van der Waals surface area contributed by atoms with Gasteiger partial charge in [-0.05, 0) is 54.7 Å². The number of ether oxygens (including phenoxy) is 1. The second-order valence-electron chi connectivity index (χ2n) is 7.15. The molecule has 0 spiro atoms. The number of carboxylic acids is 2. The summed E-state index contributed by atoms with van der Waals surface area (Å²) in [4.78, 5) is 34.4. The highest BCUT2D eigenvalue weighted by Crippen LogP contribution is 2.33. The maximum atomic E-state index is 12.1. The zero-order valence-electron chi connectivity index (χ0n) is 15.9. The Hall–Kier alpha value is -3.35. The fourth-order valence-electron chi connectivity index (χ4n) is 3.56. The maximum Gasteiger partial charge on any atom is 0.335 e. The van der Waals surface area contributed by atoms with Crippen molar-refractivity contribution in [1.82, 2.24) is 0 Å². The number of aromatic carboxylic acids is 2. The van der Waals surface area contributed by atoms with E-state index in [0.717, 1.165) is 6.07 Å². The van der Waals surface area contributed by atoms with Gasteiger partial charge in [-0.2, -0.15) is 0 Å². The quantitative estimate of drug-likeness (QED) is 0.647. The molecule has 2 aromatic carbocycles. The SMILES string of the molecule is O=C(COc1ccc(C2CCCCC2)cc1)Nc1cc(C(=O)O)cc(C(=O)O)c1. The van der Waals surface area contributed by atoms with Crippen LogP contribution in [0, 0.1) is 0 Å². The van der Waals surface area contributed by atoms with Crippen molar-refractivity contribution in [3.8, 4) is 5.75 Å². The monoisotopic (exact) mass is 397 g/mol. The highest BCUT2D eigenvalue weighted by atomic mass is 16.5. The Kier molecular flexibility index (Phi) is 6.49. The summed E-state index contributed by atoms with van der Waals surface area (Å²) in [6.07, 6.45) is 6.23. The normalized spacial score (nSPS) is 14.2. The van der Waals surface area contributed by atoms with Crippen LogP contribution in [0.15, 0.2) is 42.5 Å². The first-order valence-corrected chi connectivity index (χ1v) is 9.56. The van der Waals surface area contributed by atoms with Crippen LogP contribution in [0.1, 0.15) is 64.3 Å². The van der Waals surface area contributed by atoms with Crippen LogP contribution < -0.4 is 10.1 Å². The number of amides is 1. The van der Waals surface area contributed by atoms with Gasteiger partial charge < -0.3 is 20.3 Å². The highest BCUT2D eigenvalue weighted by Gasteiger charge is 2.16. The molecule has 0 unspecified atom stereocenters. The third-order valence-electron chi connectivity index (χ3n) is 5.04. The van der Waals surface area contributed by atoms with Crippen molar-refractivity contribution >= 4 is 23.5 Å². The zero-order chi connectivity index (χ0) is 20.8. The van der Waals surface area contributed by atoms with Crippen LogP contribution in [0.2, 0.25) is 0 Å². The van der Waals surface area contributed by atoms with Gasteiger partial charge in [0.1, 0.15) is 5.75 Å². The predicted octanol–water partition coefficient (Wildman–Crippen LogP) is 4.15. The van der Waals surface area contributed by atoms with E-state index in [2.05, 4.69) is 5.32 Å². The Morgan fingerprint density at radius 2 is 1.48 bits per heavy atom. The standard InChI is InChI=1S/C22H23NO6/c24-20(23-18-11-16(21(25)26)10-17(12-18)22(27)28)13-29-19-8-6-15(7-9-19)14-4-2-1-3-5-14/h6-12,14H,1-5,13H2,(H,23,24)(H,25,26)(H,27,28). The predicted molar refractivity (Wildman–Crippen MR) is 107 cm³/mol. The number of hydrogen-bond acceptors (Lipinski definition) is 4. The molecule has 0 aromatic heterocycles. The van der Waals surface area contributed by atoms with Crippen molar-refractivity contribution in [3.05, 3.63) is 59.2 Å². The molecule has 0 aliphatic heterocycles. The van der Waals surface area contributed by atoms with Gasteiger partial charge in [0.05, 0.1) is 11.1 Å². The van der Waals surface area contributed by atoms with E-state index in [-0.39, 0.29) is 23.4 Å². The van der Waals surface area contributed by atoms with Crippen molar-refractivity contribution in [2.75, 3.05) is 11.9 Å². The van der Waals surface area contributed by atoms with E-state index in [1.807, 2.05) is 24.3 Å². The lowest BCUT2D eigenvalue weighted by molar-refractivity contribution is -0.118. The zero-order valence-corrected chi connectivity index (χ0v) is 15.9. The van der Waals surface area contributed by atoms with E-state index in [1.165, 1.54) is 49.8 Å². The van der Waals surface area contributed by atoms with Gasteiger partial charge in [0, 0.05) is 5.69 Å². The number of nitrogens with one attached hydrogen (secondary N) is 1. The molecule has 2 aromatic rings. The van der Waals surface area contributed by atoms with Crippen molar-refractivity contribution in [2.24, 2.45) is 0 Å². The minimum atomic E-state index is -1.28. The molecule has 0 heterocycles. The molecule has 0 saturated heterocycles. The van der Waals surface area contributed by atoms with Gasteiger partial charge in [-0.3, -0.25) is 4.79 Å². The summed E-state index contributed by atoms with van der Waals surface area (Å²) in [7, 11) is 0. The van der Waals surface area contributed by atoms with Gasteiger partial charge in [-0.15, -0.1) is 0 Å². The maximum absolute atomic E-state index is 12.1. The minimum absolute atomic E-state index is 0.0866. The number of carbonyl (C=O) groups is 3. The van der Waals surface area contributed by atoms with E-state index in [0.29, 0.717) is 11.7 Å². The smallest absolute Gasteiger partial charge is 0.335 e. The molecule has 7 nitrogen and oxygen atoms in total. The third kappa shape index (κ3) is 5.57. The fourth-order valence-corrected chi connectivity index (χ4v) is 3.56. The summed E-state index contributed by atoms with van der Waals surface area (Å²) < 4.78 is 5.49. The molecule has 29 heavy (non-hydrogen) atoms. The number of rotatable bonds is 7. The summed E-state index contributed by atoms with van der Waals surface area (Å²) in [6, 6.07) is 11.2. The molecule has 1 aliphatic rings. The highest BCUT2D eigenvalue weighted by molar-refractivity contribution is 5.98. The van der Waals surface area contributed by atoms with Crippen LogP contribution in [0.25, 0.3) is 0 Å². The van der Waals surface area contributed by atoms with Crippen molar-refractivity contribution in [1.29, 1.82) is 0 Å². The molecular formula is C22H23NO6. The Morgan fingerprint density at radius 3 is 2.03 bits per heavy atom. The molecule has 0 atom stereocenters. The molecule has 1 aliphatic carbocycles. The summed E-state index contributed by atoms with van der Waals surface area (Å²) in [5.41, 5.74) is 0.926. The van der Waals surface area contributed by atoms with Gasteiger partial charge in [0.25, 0.3) is 5.91 Å². The summed E-state index contributed by atoms with van der Waals surface area (Å²) in [5.74, 6) is -1.92. The average molecular weight is 397 g/mol. The number of carbonyl (C=O) groups excluding carboxylic acids is 1. The summed E-state index contributed by atoms with van der Waals surface area (Å²) >= 11 is 0. The first kappa shape index (κ1) is 20.4. The number of anilines is 1. The number of carboxylic acid groups (broad SMARTS) is 2. The molecule has 7 heteroatoms. The minimum Gasteiger partial charge on any atom is -0.484 e. The van der Waals surface area contributed by atoms with E-state index in [9.17, 15) is 14.4 Å². The van der Waals surface area contributed by atoms with Crippen LogP contribution in [0.5, 0.6) is 5.75 Å². The molecule has 1 amide bonds. The Labute approximate surface area is 168 Å². The molecule has 0 bridgehead atoms. The Balaban J connectivity index is 1.58. The Morgan fingerprint density at radius 1 is 0.897 bits per heavy atom. The van der Waals surface area contributed by atoms with Crippen molar-refractivity contribution < 1.29 is 29.3 Å². The topological polar surface area (TPSA) is 113 Å². The molecule has 1 fully saturated rings. The lowest BCUT2D eigenvalue weighted by Gasteiger charge is -2.22. The van der Waals surface area contributed by atoms with Gasteiger partial charge in [0.2, 0.25) is 0 Å². The van der Waals surface area contributed by atoms with Crippen LogP contribution in [0.4, 0.5) is 5.69 Å². The summed E-state index contributed by atoms with van der Waals surface area (Å²) in [5, 5.41) is 20.7. The Bertz CT molecular complexity index is 868. The van der Waals surface area contributed by atoms with Gasteiger partial charge in [0.15, 0.2) is 6.61 Å². The largest absolute Gasteiger partial charge is 0.484 e. The van der Waals surface area contributed by atoms with E-state index in [1.54, 1.807) is 0 Å². The molecule has 152 valence electrons. The van der Waals surface area contributed by atoms with Gasteiger partial charge >= 0.3 is 11.9 Å². The second kappa shape index (κ2) is 9.23. The van der Waals surface area contributed by atoms with Gasteiger partial charge in [-0.1, -0.05) is 31.4 Å². The summed E-state index contributed by atoms with van der Waals surface area (Å²) in [6.45, 7) is -0.275. The van der Waals surface area contributed by atoms with Crippen LogP contribution in [-0.2, 0) is 4.79 Å². The molecule has 3 rings (SSSR count). The fraction of sp³-hybridized carbons (Fsp3) is 0.318. The lowest BCUT2D eigenvalue weighted by atomic mass is 9.84. The number of hydrogen-bond donors (Lipinski definition) is 3.